The Kier molecular flexibility index (Phi) is 12.9. The van der Waals surface area contributed by atoms with Gasteiger partial charge in [-0.3, -0.25) is 9.59 Å². The second kappa shape index (κ2) is 13.7. The predicted molar refractivity (Wildman–Crippen MR) is 107 cm³/mol. The van der Waals surface area contributed by atoms with Crippen LogP contribution < -0.4 is 0 Å². The Hall–Kier alpha value is -1.48. The van der Waals surface area contributed by atoms with Crippen molar-refractivity contribution < 1.29 is 30.0 Å². The molecule has 0 saturated carbocycles. The molecule has 0 fully saturated rings. The lowest BCUT2D eigenvalue weighted by molar-refractivity contribution is -0.142. The molecule has 28 heavy (non-hydrogen) atoms. The van der Waals surface area contributed by atoms with Gasteiger partial charge in [0.2, 0.25) is 11.8 Å². The maximum absolute atomic E-state index is 13.0. The number of aliphatic hydroxyl groups excluding tert-OH is 4. The summed E-state index contributed by atoms with van der Waals surface area (Å²) in [5.41, 5.74) is 0.840. The number of rotatable bonds is 14. The number of nitrogens with zero attached hydrogens (tertiary/aromatic N) is 2. The summed E-state index contributed by atoms with van der Waals surface area (Å²) in [7, 11) is 0. The average molecular weight is 403 g/mol. The molecule has 164 valence electrons. The van der Waals surface area contributed by atoms with E-state index in [1.807, 2.05) is 0 Å². The number of aliphatic hydroxyl groups is 4. The fourth-order valence-corrected chi connectivity index (χ4v) is 3.19. The van der Waals surface area contributed by atoms with Gasteiger partial charge in [0.25, 0.3) is 0 Å². The first-order valence-electron chi connectivity index (χ1n) is 9.76. The molecule has 1 atom stereocenters. The highest BCUT2D eigenvalue weighted by Crippen LogP contribution is 2.28. The summed E-state index contributed by atoms with van der Waals surface area (Å²) < 4.78 is 0. The summed E-state index contributed by atoms with van der Waals surface area (Å²) in [6.07, 6.45) is 0.929. The molecule has 0 radical (unpaired) electrons. The van der Waals surface area contributed by atoms with Gasteiger partial charge in [-0.2, -0.15) is 0 Å². The average Bonchev–Trinajstić information content (AvgIpc) is 2.58. The van der Waals surface area contributed by atoms with E-state index in [0.717, 1.165) is 5.57 Å². The van der Waals surface area contributed by atoms with E-state index in [2.05, 4.69) is 27.4 Å². The van der Waals surface area contributed by atoms with Crippen molar-refractivity contribution in [1.82, 2.24) is 9.80 Å². The zero-order valence-electron chi connectivity index (χ0n) is 17.6. The third-order valence-electron chi connectivity index (χ3n) is 4.23. The SMILES string of the molecule is C=C(CC(CC(=O)N(CCO)CCO)C(=O)N(CCO)CCO)CC(C)(C)C. The lowest BCUT2D eigenvalue weighted by atomic mass is 9.84. The third kappa shape index (κ3) is 10.8. The van der Waals surface area contributed by atoms with Crippen molar-refractivity contribution in [3.63, 3.8) is 0 Å². The zero-order chi connectivity index (χ0) is 21.7. The molecule has 8 heteroatoms. The van der Waals surface area contributed by atoms with Gasteiger partial charge in [-0.1, -0.05) is 32.9 Å². The van der Waals surface area contributed by atoms with E-state index in [0.29, 0.717) is 12.8 Å². The molecule has 0 aliphatic carbocycles. The van der Waals surface area contributed by atoms with E-state index >= 15 is 0 Å². The first-order chi connectivity index (χ1) is 13.1. The highest BCUT2D eigenvalue weighted by atomic mass is 16.3. The fraction of sp³-hybridized carbons (Fsp3) is 0.800. The van der Waals surface area contributed by atoms with Gasteiger partial charge in [-0.15, -0.1) is 0 Å². The second-order valence-electron chi connectivity index (χ2n) is 8.19. The number of amides is 2. The van der Waals surface area contributed by atoms with Crippen molar-refractivity contribution in [3.05, 3.63) is 12.2 Å². The molecule has 0 aliphatic rings. The van der Waals surface area contributed by atoms with Crippen LogP contribution in [0, 0.1) is 11.3 Å². The smallest absolute Gasteiger partial charge is 0.226 e. The summed E-state index contributed by atoms with van der Waals surface area (Å²) in [4.78, 5) is 28.3. The minimum Gasteiger partial charge on any atom is -0.395 e. The van der Waals surface area contributed by atoms with Crippen LogP contribution in [0.2, 0.25) is 0 Å². The highest BCUT2D eigenvalue weighted by molar-refractivity contribution is 5.86. The summed E-state index contributed by atoms with van der Waals surface area (Å²) in [5, 5.41) is 36.7. The van der Waals surface area contributed by atoms with Gasteiger partial charge in [-0.05, 0) is 18.3 Å². The number of carbonyl (C=O) groups is 2. The molecule has 0 bridgehead atoms. The second-order valence-corrected chi connectivity index (χ2v) is 8.19. The van der Waals surface area contributed by atoms with Gasteiger partial charge in [0.05, 0.1) is 32.3 Å². The lowest BCUT2D eigenvalue weighted by Gasteiger charge is -2.29. The van der Waals surface area contributed by atoms with Gasteiger partial charge in [-0.25, -0.2) is 0 Å². The topological polar surface area (TPSA) is 122 Å². The van der Waals surface area contributed by atoms with Crippen LogP contribution in [0.3, 0.4) is 0 Å². The normalized spacial score (nSPS) is 12.5. The monoisotopic (exact) mass is 402 g/mol. The molecule has 0 aromatic heterocycles. The van der Waals surface area contributed by atoms with Crippen molar-refractivity contribution in [1.29, 1.82) is 0 Å². The Morgan fingerprint density at radius 1 is 0.821 bits per heavy atom. The molecule has 0 aromatic rings. The van der Waals surface area contributed by atoms with Crippen LogP contribution >= 0.6 is 0 Å². The molecule has 1 unspecified atom stereocenters. The standard InChI is InChI=1S/C20H38N2O6/c1-16(15-20(2,3)4)13-17(19(28)22(7-11-25)8-12-26)14-18(27)21(5-9-23)6-10-24/h17,23-26H,1,5-15H2,2-4H3. The largest absolute Gasteiger partial charge is 0.395 e. The minimum absolute atomic E-state index is 0.00954. The molecule has 0 rings (SSSR count). The first kappa shape index (κ1) is 26.5. The Labute approximate surface area is 168 Å². The Morgan fingerprint density at radius 3 is 1.64 bits per heavy atom. The van der Waals surface area contributed by atoms with Crippen molar-refractivity contribution in [2.75, 3.05) is 52.6 Å². The lowest BCUT2D eigenvalue weighted by Crippen LogP contribution is -2.43. The summed E-state index contributed by atoms with van der Waals surface area (Å²) >= 11 is 0. The number of hydrogen-bond acceptors (Lipinski definition) is 6. The van der Waals surface area contributed by atoms with Gasteiger partial charge in [0.15, 0.2) is 0 Å². The molecule has 2 amide bonds. The quantitative estimate of drug-likeness (QED) is 0.304. The molecule has 0 heterocycles. The molecule has 0 saturated heterocycles. The predicted octanol–water partition coefficient (Wildman–Crippen LogP) is 0.00160. The summed E-state index contributed by atoms with van der Waals surface area (Å²) in [6, 6.07) is 0. The van der Waals surface area contributed by atoms with Crippen molar-refractivity contribution in [2.24, 2.45) is 11.3 Å². The number of hydrogen-bond donors (Lipinski definition) is 4. The van der Waals surface area contributed by atoms with Crippen LogP contribution in [0.1, 0.15) is 40.0 Å². The van der Waals surface area contributed by atoms with Crippen LogP contribution in [-0.4, -0.2) is 94.6 Å². The number of carbonyl (C=O) groups excluding carboxylic acids is 2. The van der Waals surface area contributed by atoms with Gasteiger partial charge in [0, 0.05) is 32.6 Å². The molecule has 0 spiro atoms. The summed E-state index contributed by atoms with van der Waals surface area (Å²) in [5.74, 6) is -1.34. The van der Waals surface area contributed by atoms with E-state index in [9.17, 15) is 19.8 Å². The molecular formula is C20H38N2O6. The molecule has 0 aliphatic heterocycles. The van der Waals surface area contributed by atoms with Crippen LogP contribution in [0.4, 0.5) is 0 Å². The van der Waals surface area contributed by atoms with Crippen LogP contribution in [0.25, 0.3) is 0 Å². The molecule has 8 nitrogen and oxygen atoms in total. The molecule has 0 aromatic carbocycles. The Balaban J connectivity index is 5.42. The summed E-state index contributed by atoms with van der Waals surface area (Å²) in [6.45, 7) is 9.63. The molecule has 4 N–H and O–H groups in total. The van der Waals surface area contributed by atoms with Gasteiger partial charge >= 0.3 is 0 Å². The van der Waals surface area contributed by atoms with E-state index < -0.39 is 5.92 Å². The minimum atomic E-state index is -0.680. The van der Waals surface area contributed by atoms with Crippen LogP contribution in [-0.2, 0) is 9.59 Å². The van der Waals surface area contributed by atoms with Crippen LogP contribution in [0.5, 0.6) is 0 Å². The maximum atomic E-state index is 13.0. The Morgan fingerprint density at radius 2 is 1.25 bits per heavy atom. The van der Waals surface area contributed by atoms with Gasteiger partial charge in [0.1, 0.15) is 0 Å². The fourth-order valence-electron chi connectivity index (χ4n) is 3.19. The highest BCUT2D eigenvalue weighted by Gasteiger charge is 2.29. The Bertz CT molecular complexity index is 478. The van der Waals surface area contributed by atoms with E-state index in [4.69, 9.17) is 10.2 Å². The van der Waals surface area contributed by atoms with Crippen molar-refractivity contribution >= 4 is 11.8 Å². The van der Waals surface area contributed by atoms with Gasteiger partial charge < -0.3 is 30.2 Å². The maximum Gasteiger partial charge on any atom is 0.226 e. The van der Waals surface area contributed by atoms with Crippen molar-refractivity contribution in [3.8, 4) is 0 Å². The zero-order valence-corrected chi connectivity index (χ0v) is 17.6. The van der Waals surface area contributed by atoms with E-state index in [1.165, 1.54) is 9.80 Å². The third-order valence-corrected chi connectivity index (χ3v) is 4.23. The number of allylic oxidation sites excluding steroid dienone is 1. The van der Waals surface area contributed by atoms with E-state index in [-0.39, 0.29) is 76.3 Å². The molecular weight excluding hydrogens is 364 g/mol. The van der Waals surface area contributed by atoms with E-state index in [1.54, 1.807) is 0 Å². The van der Waals surface area contributed by atoms with Crippen LogP contribution in [0.15, 0.2) is 12.2 Å². The van der Waals surface area contributed by atoms with Crippen molar-refractivity contribution in [2.45, 2.75) is 40.0 Å². The first-order valence-corrected chi connectivity index (χ1v) is 9.76.